The summed E-state index contributed by atoms with van der Waals surface area (Å²) in [5.41, 5.74) is -0.221. The van der Waals surface area contributed by atoms with Gasteiger partial charge in [0.05, 0.1) is 6.42 Å². The highest BCUT2D eigenvalue weighted by Gasteiger charge is 2.39. The fourth-order valence-corrected chi connectivity index (χ4v) is 2.82. The largest absolute Gasteiger partial charge is 0.481 e. The van der Waals surface area contributed by atoms with Crippen molar-refractivity contribution in [3.05, 3.63) is 0 Å². The Bertz CT molecular complexity index is 343. The van der Waals surface area contributed by atoms with Crippen LogP contribution in [-0.4, -0.2) is 54.7 Å². The first-order valence-electron chi connectivity index (χ1n) is 7.97. The van der Waals surface area contributed by atoms with Gasteiger partial charge in [0.15, 0.2) is 0 Å². The topological polar surface area (TPSA) is 81.7 Å². The molecule has 1 rings (SSSR count). The van der Waals surface area contributed by atoms with E-state index in [2.05, 4.69) is 29.4 Å². The molecule has 122 valence electrons. The Morgan fingerprint density at radius 1 is 1.19 bits per heavy atom. The molecular weight excluding hydrogens is 270 g/mol. The highest BCUT2D eigenvalue weighted by molar-refractivity contribution is 5.74. The van der Waals surface area contributed by atoms with Crippen molar-refractivity contribution in [2.24, 2.45) is 5.41 Å². The van der Waals surface area contributed by atoms with E-state index < -0.39 is 5.97 Å². The zero-order valence-electron chi connectivity index (χ0n) is 13.3. The van der Waals surface area contributed by atoms with Gasteiger partial charge in [0.2, 0.25) is 0 Å². The first kappa shape index (κ1) is 17.8. The molecule has 6 nitrogen and oxygen atoms in total. The SMILES string of the molecule is CCCN(CC)CCNC(=O)NCC1(CC(=O)O)CCC1. The Morgan fingerprint density at radius 2 is 1.90 bits per heavy atom. The lowest BCUT2D eigenvalue weighted by Gasteiger charge is -2.40. The van der Waals surface area contributed by atoms with E-state index in [0.29, 0.717) is 13.1 Å². The van der Waals surface area contributed by atoms with Crippen molar-refractivity contribution in [3.63, 3.8) is 0 Å². The molecule has 0 saturated heterocycles. The van der Waals surface area contributed by atoms with Crippen LogP contribution < -0.4 is 10.6 Å². The Kier molecular flexibility index (Phi) is 7.50. The second kappa shape index (κ2) is 8.87. The lowest BCUT2D eigenvalue weighted by atomic mass is 9.66. The molecule has 0 aliphatic heterocycles. The second-order valence-electron chi connectivity index (χ2n) is 5.97. The summed E-state index contributed by atoms with van der Waals surface area (Å²) in [7, 11) is 0. The molecule has 0 atom stereocenters. The van der Waals surface area contributed by atoms with Crippen LogP contribution in [0.15, 0.2) is 0 Å². The van der Waals surface area contributed by atoms with Crippen molar-refractivity contribution in [3.8, 4) is 0 Å². The minimum atomic E-state index is -0.782. The number of amides is 2. The molecule has 3 N–H and O–H groups in total. The Balaban J connectivity index is 2.20. The summed E-state index contributed by atoms with van der Waals surface area (Å²) in [6.45, 7) is 8.20. The molecular formula is C15H29N3O3. The smallest absolute Gasteiger partial charge is 0.314 e. The van der Waals surface area contributed by atoms with Crippen LogP contribution in [0.5, 0.6) is 0 Å². The maximum atomic E-state index is 11.8. The molecule has 1 aliphatic rings. The normalized spacial score (nSPS) is 16.3. The van der Waals surface area contributed by atoms with Gasteiger partial charge in [0.25, 0.3) is 0 Å². The average molecular weight is 299 g/mol. The molecule has 0 bridgehead atoms. The molecule has 1 saturated carbocycles. The molecule has 0 heterocycles. The number of hydrogen-bond donors (Lipinski definition) is 3. The van der Waals surface area contributed by atoms with E-state index in [1.165, 1.54) is 0 Å². The van der Waals surface area contributed by atoms with Crippen molar-refractivity contribution in [2.45, 2.75) is 46.0 Å². The van der Waals surface area contributed by atoms with E-state index in [-0.39, 0.29) is 17.9 Å². The van der Waals surface area contributed by atoms with Gasteiger partial charge in [0.1, 0.15) is 0 Å². The number of likely N-dealkylation sites (N-methyl/N-ethyl adjacent to an activating group) is 1. The van der Waals surface area contributed by atoms with Gasteiger partial charge < -0.3 is 20.6 Å². The molecule has 0 unspecified atom stereocenters. The van der Waals surface area contributed by atoms with Gasteiger partial charge in [0, 0.05) is 19.6 Å². The zero-order valence-corrected chi connectivity index (χ0v) is 13.3. The quantitative estimate of drug-likeness (QED) is 0.573. The highest BCUT2D eigenvalue weighted by atomic mass is 16.4. The van der Waals surface area contributed by atoms with Crippen LogP contribution in [0, 0.1) is 5.41 Å². The van der Waals surface area contributed by atoms with Crippen LogP contribution in [-0.2, 0) is 4.79 Å². The molecule has 0 spiro atoms. The number of carboxylic acid groups (broad SMARTS) is 1. The molecule has 0 radical (unpaired) electrons. The fraction of sp³-hybridized carbons (Fsp3) is 0.867. The third-order valence-electron chi connectivity index (χ3n) is 4.27. The molecule has 6 heteroatoms. The predicted molar refractivity (Wildman–Crippen MR) is 82.3 cm³/mol. The van der Waals surface area contributed by atoms with Gasteiger partial charge in [-0.3, -0.25) is 4.79 Å². The number of carboxylic acids is 1. The fourth-order valence-electron chi connectivity index (χ4n) is 2.82. The zero-order chi connectivity index (χ0) is 15.7. The van der Waals surface area contributed by atoms with E-state index >= 15 is 0 Å². The van der Waals surface area contributed by atoms with Gasteiger partial charge in [-0.15, -0.1) is 0 Å². The third-order valence-corrected chi connectivity index (χ3v) is 4.27. The minimum Gasteiger partial charge on any atom is -0.481 e. The maximum Gasteiger partial charge on any atom is 0.314 e. The molecule has 0 aromatic heterocycles. The highest BCUT2D eigenvalue weighted by Crippen LogP contribution is 2.43. The van der Waals surface area contributed by atoms with E-state index in [1.807, 2.05) is 0 Å². The molecule has 1 fully saturated rings. The molecule has 0 aromatic rings. The third kappa shape index (κ3) is 6.33. The number of urea groups is 1. The monoisotopic (exact) mass is 299 g/mol. The standard InChI is InChI=1S/C15H29N3O3/c1-3-9-18(4-2)10-8-16-14(21)17-12-15(6-5-7-15)11-13(19)20/h3-12H2,1-2H3,(H,19,20)(H2,16,17,21). The van der Waals surface area contributed by atoms with Gasteiger partial charge in [-0.05, 0) is 37.8 Å². The van der Waals surface area contributed by atoms with Gasteiger partial charge in [-0.25, -0.2) is 4.79 Å². The second-order valence-corrected chi connectivity index (χ2v) is 5.97. The molecule has 1 aliphatic carbocycles. The Hall–Kier alpha value is -1.30. The van der Waals surface area contributed by atoms with Crippen LogP contribution in [0.25, 0.3) is 0 Å². The van der Waals surface area contributed by atoms with Crippen molar-refractivity contribution in [1.29, 1.82) is 0 Å². The van der Waals surface area contributed by atoms with Gasteiger partial charge >= 0.3 is 12.0 Å². The lowest BCUT2D eigenvalue weighted by molar-refractivity contribution is -0.141. The van der Waals surface area contributed by atoms with E-state index in [4.69, 9.17) is 5.11 Å². The molecule has 21 heavy (non-hydrogen) atoms. The summed E-state index contributed by atoms with van der Waals surface area (Å²) in [6.07, 6.45) is 4.09. The van der Waals surface area contributed by atoms with Crippen LogP contribution in [0.1, 0.15) is 46.0 Å². The van der Waals surface area contributed by atoms with Crippen molar-refractivity contribution in [2.75, 3.05) is 32.7 Å². The summed E-state index contributed by atoms with van der Waals surface area (Å²) in [5.74, 6) is -0.782. The van der Waals surface area contributed by atoms with Crippen molar-refractivity contribution in [1.82, 2.24) is 15.5 Å². The Morgan fingerprint density at radius 3 is 2.38 bits per heavy atom. The van der Waals surface area contributed by atoms with Crippen molar-refractivity contribution >= 4 is 12.0 Å². The minimum absolute atomic E-state index is 0.146. The van der Waals surface area contributed by atoms with Crippen LogP contribution in [0.4, 0.5) is 4.79 Å². The maximum absolute atomic E-state index is 11.8. The lowest BCUT2D eigenvalue weighted by Crippen LogP contribution is -2.47. The summed E-state index contributed by atoms with van der Waals surface area (Å²) in [6, 6.07) is -0.195. The molecule has 0 aromatic carbocycles. The van der Waals surface area contributed by atoms with Crippen LogP contribution in [0.3, 0.4) is 0 Å². The first-order valence-corrected chi connectivity index (χ1v) is 7.97. The first-order chi connectivity index (χ1) is 10.0. The number of carbonyl (C=O) groups is 2. The average Bonchev–Trinajstić information content (AvgIpc) is 2.40. The number of aliphatic carboxylic acids is 1. The van der Waals surface area contributed by atoms with Crippen LogP contribution in [0.2, 0.25) is 0 Å². The van der Waals surface area contributed by atoms with Gasteiger partial charge in [-0.1, -0.05) is 20.3 Å². The molecule has 2 amide bonds. The van der Waals surface area contributed by atoms with Crippen LogP contribution >= 0.6 is 0 Å². The van der Waals surface area contributed by atoms with E-state index in [1.54, 1.807) is 0 Å². The van der Waals surface area contributed by atoms with Crippen molar-refractivity contribution < 1.29 is 14.7 Å². The number of rotatable bonds is 10. The van der Waals surface area contributed by atoms with E-state index in [0.717, 1.165) is 45.3 Å². The summed E-state index contributed by atoms with van der Waals surface area (Å²) in [5, 5.41) is 14.6. The van der Waals surface area contributed by atoms with Gasteiger partial charge in [-0.2, -0.15) is 0 Å². The summed E-state index contributed by atoms with van der Waals surface area (Å²) in [4.78, 5) is 24.9. The summed E-state index contributed by atoms with van der Waals surface area (Å²) >= 11 is 0. The predicted octanol–water partition coefficient (Wildman–Crippen LogP) is 1.66. The van der Waals surface area contributed by atoms with E-state index in [9.17, 15) is 9.59 Å². The number of nitrogens with one attached hydrogen (secondary N) is 2. The summed E-state index contributed by atoms with van der Waals surface area (Å²) < 4.78 is 0. The number of nitrogens with zero attached hydrogens (tertiary/aromatic N) is 1. The number of carbonyl (C=O) groups excluding carboxylic acids is 1. The Labute approximate surface area is 127 Å². The number of hydrogen-bond acceptors (Lipinski definition) is 3.